The third kappa shape index (κ3) is 4.07. The van der Waals surface area contributed by atoms with Gasteiger partial charge in [0, 0.05) is 24.5 Å². The molecule has 0 spiro atoms. The van der Waals surface area contributed by atoms with Crippen LogP contribution in [0.25, 0.3) is 22.6 Å². The molecule has 0 aliphatic rings. The number of nitroso groups, excluding NO2 is 1. The topological polar surface area (TPSA) is 138 Å². The van der Waals surface area contributed by atoms with Gasteiger partial charge in [0.05, 0.1) is 29.0 Å². The second-order valence-electron chi connectivity index (χ2n) is 7.35. The number of aromatic nitrogens is 4. The van der Waals surface area contributed by atoms with Crippen molar-refractivity contribution in [3.8, 4) is 23.0 Å². The summed E-state index contributed by atoms with van der Waals surface area (Å²) in [5.74, 6) is -0.0756. The molecule has 2 N–H and O–H groups in total. The van der Waals surface area contributed by atoms with Gasteiger partial charge in [-0.15, -0.1) is 10.0 Å². The van der Waals surface area contributed by atoms with Crippen LogP contribution in [0.15, 0.2) is 94.5 Å². The smallest absolute Gasteiger partial charge is 0.160 e. The molecular weight excluding hydrogens is 434 g/mol. The van der Waals surface area contributed by atoms with Gasteiger partial charge in [-0.25, -0.2) is 4.98 Å². The summed E-state index contributed by atoms with van der Waals surface area (Å²) in [5, 5.41) is 30.4. The summed E-state index contributed by atoms with van der Waals surface area (Å²) in [6.45, 7) is 0.507. The van der Waals surface area contributed by atoms with Crippen LogP contribution in [0, 0.1) is 4.91 Å². The van der Waals surface area contributed by atoms with Crippen molar-refractivity contribution in [2.24, 2.45) is 15.4 Å². The molecular formula is C24H17N7O3. The molecule has 166 valence electrons. The van der Waals surface area contributed by atoms with E-state index in [4.69, 9.17) is 4.98 Å². The lowest BCUT2D eigenvalue weighted by atomic mass is 10.2. The first-order valence-corrected chi connectivity index (χ1v) is 10.2. The van der Waals surface area contributed by atoms with E-state index in [2.05, 4.69) is 25.4 Å². The van der Waals surface area contributed by atoms with Gasteiger partial charge >= 0.3 is 0 Å². The number of hydrogen-bond donors (Lipinski definition) is 2. The number of nitrogens with zero attached hydrogens (tertiary/aromatic N) is 7. The molecule has 0 saturated heterocycles. The van der Waals surface area contributed by atoms with Gasteiger partial charge in [-0.2, -0.15) is 5.11 Å². The number of aromatic hydroxyl groups is 2. The van der Waals surface area contributed by atoms with E-state index in [9.17, 15) is 15.1 Å². The highest BCUT2D eigenvalue weighted by molar-refractivity contribution is 5.83. The first-order valence-electron chi connectivity index (χ1n) is 10.2. The van der Waals surface area contributed by atoms with E-state index in [0.29, 0.717) is 23.6 Å². The van der Waals surface area contributed by atoms with Crippen LogP contribution in [-0.2, 0) is 6.54 Å². The number of phenols is 2. The standard InChI is InChI=1S/C24H17N7O3/c32-22-13-23(33)20(30-34)12-19(22)29-28-15-7-8-21-18(11-15)27-24(17-6-2-4-10-26-17)31(21)14-16-5-1-3-9-25-16/h1-13,32-33H,14H2. The van der Waals surface area contributed by atoms with Crippen molar-refractivity contribution in [2.75, 3.05) is 0 Å². The zero-order chi connectivity index (χ0) is 23.5. The molecule has 2 aromatic carbocycles. The third-order valence-corrected chi connectivity index (χ3v) is 5.12. The Bertz CT molecular complexity index is 1520. The molecule has 0 bridgehead atoms. The number of benzene rings is 2. The molecule has 0 unspecified atom stereocenters. The molecule has 5 rings (SSSR count). The Morgan fingerprint density at radius 3 is 2.35 bits per heavy atom. The minimum absolute atomic E-state index is 0.00218. The Morgan fingerprint density at radius 1 is 0.824 bits per heavy atom. The fraction of sp³-hybridized carbons (Fsp3) is 0.0417. The van der Waals surface area contributed by atoms with Gasteiger partial charge in [0.2, 0.25) is 0 Å². The molecule has 5 aromatic rings. The Balaban J connectivity index is 1.56. The Morgan fingerprint density at radius 2 is 1.62 bits per heavy atom. The van der Waals surface area contributed by atoms with Gasteiger partial charge < -0.3 is 14.8 Å². The molecule has 3 heterocycles. The number of phenolic OH excluding ortho intramolecular Hbond substituents is 2. The number of azo groups is 1. The van der Waals surface area contributed by atoms with Gasteiger partial charge in [-0.05, 0) is 47.6 Å². The van der Waals surface area contributed by atoms with Crippen LogP contribution in [0.5, 0.6) is 11.5 Å². The van der Waals surface area contributed by atoms with Crippen molar-refractivity contribution in [3.63, 3.8) is 0 Å². The fourth-order valence-corrected chi connectivity index (χ4v) is 3.50. The van der Waals surface area contributed by atoms with Crippen molar-refractivity contribution in [2.45, 2.75) is 6.54 Å². The number of rotatable bonds is 6. The van der Waals surface area contributed by atoms with Crippen LogP contribution in [0.2, 0.25) is 0 Å². The molecule has 0 aliphatic carbocycles. The SMILES string of the molecule is O=Nc1cc(N=Nc2ccc3c(c2)nc(-c2ccccn2)n3Cc2ccccn2)c(O)cc1O. The third-order valence-electron chi connectivity index (χ3n) is 5.12. The fourth-order valence-electron chi connectivity index (χ4n) is 3.50. The van der Waals surface area contributed by atoms with Crippen LogP contribution in [-0.4, -0.2) is 29.7 Å². The van der Waals surface area contributed by atoms with Crippen molar-refractivity contribution >= 4 is 28.1 Å². The highest BCUT2D eigenvalue weighted by atomic mass is 16.3. The van der Waals surface area contributed by atoms with Gasteiger partial charge in [0.1, 0.15) is 22.9 Å². The van der Waals surface area contributed by atoms with Crippen LogP contribution in [0.1, 0.15) is 5.69 Å². The molecule has 0 radical (unpaired) electrons. The highest BCUT2D eigenvalue weighted by Crippen LogP contribution is 2.39. The lowest BCUT2D eigenvalue weighted by Crippen LogP contribution is -2.04. The van der Waals surface area contributed by atoms with Crippen LogP contribution in [0.4, 0.5) is 17.1 Å². The van der Waals surface area contributed by atoms with Crippen LogP contribution in [0.3, 0.4) is 0 Å². The quantitative estimate of drug-likeness (QED) is 0.248. The van der Waals surface area contributed by atoms with Crippen molar-refractivity contribution < 1.29 is 10.2 Å². The number of fused-ring (bicyclic) bond motifs is 1. The largest absolute Gasteiger partial charge is 0.505 e. The minimum Gasteiger partial charge on any atom is -0.505 e. The van der Waals surface area contributed by atoms with E-state index in [0.717, 1.165) is 29.0 Å². The number of hydrogen-bond acceptors (Lipinski definition) is 9. The Hall–Kier alpha value is -4.99. The van der Waals surface area contributed by atoms with E-state index >= 15 is 0 Å². The minimum atomic E-state index is -0.437. The predicted molar refractivity (Wildman–Crippen MR) is 126 cm³/mol. The molecule has 3 aromatic heterocycles. The average Bonchev–Trinajstić information content (AvgIpc) is 3.22. The van der Waals surface area contributed by atoms with Crippen molar-refractivity contribution in [3.05, 3.63) is 89.7 Å². The maximum Gasteiger partial charge on any atom is 0.160 e. The van der Waals surface area contributed by atoms with Crippen LogP contribution < -0.4 is 0 Å². The lowest BCUT2D eigenvalue weighted by molar-refractivity contribution is 0.452. The number of pyridine rings is 2. The summed E-state index contributed by atoms with van der Waals surface area (Å²) < 4.78 is 2.04. The Labute approximate surface area is 192 Å². The molecule has 34 heavy (non-hydrogen) atoms. The zero-order valence-corrected chi connectivity index (χ0v) is 17.6. The molecule has 0 saturated carbocycles. The van der Waals surface area contributed by atoms with Gasteiger partial charge in [-0.1, -0.05) is 12.1 Å². The molecule has 10 heteroatoms. The zero-order valence-electron chi connectivity index (χ0n) is 17.6. The van der Waals surface area contributed by atoms with E-state index in [1.165, 1.54) is 0 Å². The summed E-state index contributed by atoms with van der Waals surface area (Å²) in [7, 11) is 0. The van der Waals surface area contributed by atoms with Gasteiger partial charge in [-0.3, -0.25) is 9.97 Å². The molecule has 0 amide bonds. The predicted octanol–water partition coefficient (Wildman–Crippen LogP) is 5.77. The Kier molecular flexibility index (Phi) is 5.45. The molecule has 0 fully saturated rings. The first-order chi connectivity index (χ1) is 16.6. The van der Waals surface area contributed by atoms with E-state index in [1.807, 2.05) is 47.0 Å². The molecule has 0 aliphatic heterocycles. The number of imidazole rings is 1. The summed E-state index contributed by atoms with van der Waals surface area (Å²) >= 11 is 0. The monoisotopic (exact) mass is 451 g/mol. The average molecular weight is 451 g/mol. The van der Waals surface area contributed by atoms with Crippen molar-refractivity contribution in [1.29, 1.82) is 0 Å². The first kappa shape index (κ1) is 20.9. The normalized spacial score (nSPS) is 11.3. The maximum absolute atomic E-state index is 10.8. The van der Waals surface area contributed by atoms with E-state index < -0.39 is 5.75 Å². The van der Waals surface area contributed by atoms with Gasteiger partial charge in [0.15, 0.2) is 11.5 Å². The van der Waals surface area contributed by atoms with Crippen molar-refractivity contribution in [1.82, 2.24) is 19.5 Å². The maximum atomic E-state index is 10.8. The lowest BCUT2D eigenvalue weighted by Gasteiger charge is -2.08. The highest BCUT2D eigenvalue weighted by Gasteiger charge is 2.15. The van der Waals surface area contributed by atoms with Gasteiger partial charge in [0.25, 0.3) is 0 Å². The summed E-state index contributed by atoms with van der Waals surface area (Å²) in [6, 6.07) is 18.9. The van der Waals surface area contributed by atoms with E-state index in [1.54, 1.807) is 24.5 Å². The van der Waals surface area contributed by atoms with E-state index in [-0.39, 0.29) is 17.1 Å². The second-order valence-corrected chi connectivity index (χ2v) is 7.35. The second kappa shape index (κ2) is 8.87. The summed E-state index contributed by atoms with van der Waals surface area (Å²) in [4.78, 5) is 24.5. The summed E-state index contributed by atoms with van der Waals surface area (Å²) in [6.07, 6.45) is 3.46. The summed E-state index contributed by atoms with van der Waals surface area (Å²) in [5.41, 5.74) is 3.39. The molecule has 10 nitrogen and oxygen atoms in total. The van der Waals surface area contributed by atoms with Crippen LogP contribution >= 0.6 is 0 Å². The molecule has 0 atom stereocenters.